The Labute approximate surface area is 157 Å². The van der Waals surface area contributed by atoms with Gasteiger partial charge >= 0.3 is 5.97 Å². The number of hydrogen-bond donors (Lipinski definition) is 0. The molecule has 0 N–H and O–H groups in total. The molecule has 0 saturated carbocycles. The maximum Gasteiger partial charge on any atom is 0.314 e. The molecule has 0 heterocycles. The van der Waals surface area contributed by atoms with Gasteiger partial charge in [0.1, 0.15) is 12.4 Å². The van der Waals surface area contributed by atoms with E-state index in [1.807, 2.05) is 48.5 Å². The summed E-state index contributed by atoms with van der Waals surface area (Å²) in [6, 6.07) is 23.8. The number of carbonyl (C=O) groups is 2. The van der Waals surface area contributed by atoms with E-state index in [-0.39, 0.29) is 18.8 Å². The first-order valence-electron chi connectivity index (χ1n) is 8.68. The van der Waals surface area contributed by atoms with Crippen molar-refractivity contribution in [2.75, 3.05) is 0 Å². The summed E-state index contributed by atoms with van der Waals surface area (Å²) < 4.78 is 18.5. The Bertz CT molecular complexity index is 890. The standard InChI is InChI=1S/C23H19FO3/c24-20-13-11-19(12-14-20)22(25)15-21(18-9-5-2-6-10-18)23(26)27-16-17-7-3-1-4-8-17/h1-14,21H,15-16H2. The summed E-state index contributed by atoms with van der Waals surface area (Å²) >= 11 is 0. The highest BCUT2D eigenvalue weighted by molar-refractivity contribution is 5.99. The Morgan fingerprint density at radius 3 is 2.04 bits per heavy atom. The van der Waals surface area contributed by atoms with Crippen LogP contribution in [0.5, 0.6) is 0 Å². The zero-order chi connectivity index (χ0) is 19.1. The Morgan fingerprint density at radius 2 is 1.41 bits per heavy atom. The lowest BCUT2D eigenvalue weighted by molar-refractivity contribution is -0.146. The van der Waals surface area contributed by atoms with Crippen molar-refractivity contribution in [3.63, 3.8) is 0 Å². The van der Waals surface area contributed by atoms with Gasteiger partial charge in [0.2, 0.25) is 0 Å². The van der Waals surface area contributed by atoms with Gasteiger partial charge in [-0.2, -0.15) is 0 Å². The molecule has 136 valence electrons. The van der Waals surface area contributed by atoms with Gasteiger partial charge in [-0.25, -0.2) is 4.39 Å². The number of hydrogen-bond acceptors (Lipinski definition) is 3. The molecule has 0 spiro atoms. The quantitative estimate of drug-likeness (QED) is 0.442. The second-order valence-electron chi connectivity index (χ2n) is 6.19. The van der Waals surface area contributed by atoms with Crippen molar-refractivity contribution in [3.05, 3.63) is 107 Å². The lowest BCUT2D eigenvalue weighted by Gasteiger charge is -2.16. The largest absolute Gasteiger partial charge is 0.460 e. The summed E-state index contributed by atoms with van der Waals surface area (Å²) in [4.78, 5) is 25.3. The van der Waals surface area contributed by atoms with Crippen LogP contribution in [0, 0.1) is 5.82 Å². The van der Waals surface area contributed by atoms with Crippen LogP contribution in [0.1, 0.15) is 33.8 Å². The Morgan fingerprint density at radius 1 is 0.815 bits per heavy atom. The number of esters is 1. The van der Waals surface area contributed by atoms with Gasteiger partial charge in [-0.1, -0.05) is 60.7 Å². The van der Waals surface area contributed by atoms with Gasteiger partial charge in [0.25, 0.3) is 0 Å². The average Bonchev–Trinajstić information content (AvgIpc) is 2.72. The van der Waals surface area contributed by atoms with E-state index in [1.54, 1.807) is 12.1 Å². The van der Waals surface area contributed by atoms with E-state index in [2.05, 4.69) is 0 Å². The number of halogens is 1. The maximum absolute atomic E-state index is 13.1. The summed E-state index contributed by atoms with van der Waals surface area (Å²) in [6.45, 7) is 0.147. The molecular formula is C23H19FO3. The predicted molar refractivity (Wildman–Crippen MR) is 101 cm³/mol. The van der Waals surface area contributed by atoms with Crippen LogP contribution >= 0.6 is 0 Å². The first kappa shape index (κ1) is 18.5. The van der Waals surface area contributed by atoms with Gasteiger partial charge in [0.15, 0.2) is 5.78 Å². The fourth-order valence-corrected chi connectivity index (χ4v) is 2.79. The normalized spacial score (nSPS) is 11.6. The van der Waals surface area contributed by atoms with Crippen LogP contribution in [0.2, 0.25) is 0 Å². The molecule has 3 aromatic carbocycles. The van der Waals surface area contributed by atoms with E-state index in [0.717, 1.165) is 5.56 Å². The van der Waals surface area contributed by atoms with Crippen molar-refractivity contribution in [2.45, 2.75) is 18.9 Å². The maximum atomic E-state index is 13.1. The number of rotatable bonds is 7. The molecule has 0 aromatic heterocycles. The van der Waals surface area contributed by atoms with Crippen LogP contribution < -0.4 is 0 Å². The zero-order valence-electron chi connectivity index (χ0n) is 14.7. The smallest absolute Gasteiger partial charge is 0.314 e. The van der Waals surface area contributed by atoms with Gasteiger partial charge in [-0.15, -0.1) is 0 Å². The topological polar surface area (TPSA) is 43.4 Å². The van der Waals surface area contributed by atoms with E-state index in [1.165, 1.54) is 24.3 Å². The molecule has 0 fully saturated rings. The molecule has 0 radical (unpaired) electrons. The van der Waals surface area contributed by atoms with Crippen LogP contribution in [0.25, 0.3) is 0 Å². The summed E-state index contributed by atoms with van der Waals surface area (Å²) in [5.74, 6) is -1.82. The van der Waals surface area contributed by atoms with Crippen molar-refractivity contribution < 1.29 is 18.7 Å². The number of Topliss-reactive ketones (excluding diaryl/α,β-unsaturated/α-hetero) is 1. The van der Waals surface area contributed by atoms with Gasteiger partial charge < -0.3 is 4.74 Å². The molecule has 1 atom stereocenters. The molecule has 27 heavy (non-hydrogen) atoms. The van der Waals surface area contributed by atoms with Crippen molar-refractivity contribution in [1.82, 2.24) is 0 Å². The van der Waals surface area contributed by atoms with Crippen molar-refractivity contribution in [1.29, 1.82) is 0 Å². The highest BCUT2D eigenvalue weighted by Crippen LogP contribution is 2.24. The third-order valence-electron chi connectivity index (χ3n) is 4.27. The number of ketones is 1. The van der Waals surface area contributed by atoms with Gasteiger partial charge in [0, 0.05) is 12.0 Å². The SMILES string of the molecule is O=C(CC(C(=O)OCc1ccccc1)c1ccccc1)c1ccc(F)cc1. The molecule has 3 nitrogen and oxygen atoms in total. The first-order chi connectivity index (χ1) is 13.1. The molecule has 0 aliphatic carbocycles. The van der Waals surface area contributed by atoms with E-state index in [0.29, 0.717) is 11.1 Å². The van der Waals surface area contributed by atoms with E-state index in [9.17, 15) is 14.0 Å². The third kappa shape index (κ3) is 5.11. The Balaban J connectivity index is 1.75. The average molecular weight is 362 g/mol. The Hall–Kier alpha value is -3.27. The van der Waals surface area contributed by atoms with Gasteiger partial charge in [0.05, 0.1) is 5.92 Å². The summed E-state index contributed by atoms with van der Waals surface area (Å²) in [5, 5.41) is 0. The monoisotopic (exact) mass is 362 g/mol. The van der Waals surface area contributed by atoms with E-state index >= 15 is 0 Å². The molecule has 0 aliphatic heterocycles. The predicted octanol–water partition coefficient (Wildman–Crippen LogP) is 4.93. The third-order valence-corrected chi connectivity index (χ3v) is 4.27. The molecule has 1 unspecified atom stereocenters. The van der Waals surface area contributed by atoms with Crippen LogP contribution in [0.4, 0.5) is 4.39 Å². The van der Waals surface area contributed by atoms with Crippen molar-refractivity contribution in [2.24, 2.45) is 0 Å². The number of benzene rings is 3. The van der Waals surface area contributed by atoms with Crippen molar-refractivity contribution >= 4 is 11.8 Å². The minimum atomic E-state index is -0.715. The molecular weight excluding hydrogens is 343 g/mol. The fourth-order valence-electron chi connectivity index (χ4n) is 2.79. The Kier molecular flexibility index (Phi) is 6.10. The lowest BCUT2D eigenvalue weighted by Crippen LogP contribution is -2.19. The van der Waals surface area contributed by atoms with Crippen molar-refractivity contribution in [3.8, 4) is 0 Å². The summed E-state index contributed by atoms with van der Waals surface area (Å²) in [5.41, 5.74) is 1.96. The molecule has 0 bridgehead atoms. The van der Waals surface area contributed by atoms with Crippen LogP contribution in [0.3, 0.4) is 0 Å². The van der Waals surface area contributed by atoms with Gasteiger partial charge in [-0.05, 0) is 35.4 Å². The van der Waals surface area contributed by atoms with E-state index in [4.69, 9.17) is 4.74 Å². The molecule has 4 heteroatoms. The minimum Gasteiger partial charge on any atom is -0.460 e. The number of ether oxygens (including phenoxy) is 1. The summed E-state index contributed by atoms with van der Waals surface area (Å²) in [7, 11) is 0. The zero-order valence-corrected chi connectivity index (χ0v) is 14.7. The minimum absolute atomic E-state index is 0.0384. The van der Waals surface area contributed by atoms with Crippen LogP contribution in [0.15, 0.2) is 84.9 Å². The number of carbonyl (C=O) groups excluding carboxylic acids is 2. The highest BCUT2D eigenvalue weighted by atomic mass is 19.1. The first-order valence-corrected chi connectivity index (χ1v) is 8.68. The second-order valence-corrected chi connectivity index (χ2v) is 6.19. The molecule has 0 saturated heterocycles. The van der Waals surface area contributed by atoms with Crippen LogP contribution in [-0.2, 0) is 16.1 Å². The fraction of sp³-hybridized carbons (Fsp3) is 0.130. The van der Waals surface area contributed by atoms with Gasteiger partial charge in [-0.3, -0.25) is 9.59 Å². The lowest BCUT2D eigenvalue weighted by atomic mass is 9.91. The second kappa shape index (κ2) is 8.90. The van der Waals surface area contributed by atoms with E-state index < -0.39 is 17.7 Å². The van der Waals surface area contributed by atoms with Crippen LogP contribution in [-0.4, -0.2) is 11.8 Å². The molecule has 0 amide bonds. The molecule has 3 aromatic rings. The molecule has 0 aliphatic rings. The molecule has 3 rings (SSSR count). The summed E-state index contributed by atoms with van der Waals surface area (Å²) in [6.07, 6.45) is -0.0384. The highest BCUT2D eigenvalue weighted by Gasteiger charge is 2.26.